The molecule has 5 heteroatoms. The molecule has 1 amide bonds. The fourth-order valence-electron chi connectivity index (χ4n) is 1.55. The molecule has 0 bridgehead atoms. The monoisotopic (exact) mass is 267 g/mol. The number of hydrogen-bond acceptors (Lipinski definition) is 3. The third kappa shape index (κ3) is 5.23. The van der Waals surface area contributed by atoms with Crippen LogP contribution in [0.15, 0.2) is 29.2 Å². The van der Waals surface area contributed by atoms with Gasteiger partial charge in [0.1, 0.15) is 0 Å². The SMILES string of the molecule is CSc1ccccc1CCNC(=O)CCC(=O)O. The van der Waals surface area contributed by atoms with Crippen molar-refractivity contribution in [1.82, 2.24) is 5.32 Å². The molecule has 98 valence electrons. The first-order valence-corrected chi connectivity index (χ1v) is 6.96. The number of nitrogens with one attached hydrogen (secondary N) is 1. The van der Waals surface area contributed by atoms with Crippen LogP contribution < -0.4 is 5.32 Å². The molecule has 0 radical (unpaired) electrons. The third-order valence-electron chi connectivity index (χ3n) is 2.47. The molecule has 1 aromatic rings. The van der Waals surface area contributed by atoms with Crippen molar-refractivity contribution in [3.05, 3.63) is 29.8 Å². The molecule has 0 saturated heterocycles. The Bertz CT molecular complexity index is 420. The lowest BCUT2D eigenvalue weighted by Crippen LogP contribution is -2.26. The fourth-order valence-corrected chi connectivity index (χ4v) is 2.20. The van der Waals surface area contributed by atoms with E-state index in [1.54, 1.807) is 11.8 Å². The van der Waals surface area contributed by atoms with E-state index in [4.69, 9.17) is 5.11 Å². The van der Waals surface area contributed by atoms with Gasteiger partial charge in [0.05, 0.1) is 6.42 Å². The van der Waals surface area contributed by atoms with Crippen LogP contribution in [0.3, 0.4) is 0 Å². The van der Waals surface area contributed by atoms with Crippen molar-refractivity contribution >= 4 is 23.6 Å². The van der Waals surface area contributed by atoms with E-state index < -0.39 is 5.97 Å². The van der Waals surface area contributed by atoms with Gasteiger partial charge >= 0.3 is 5.97 Å². The van der Waals surface area contributed by atoms with Gasteiger partial charge in [-0.25, -0.2) is 0 Å². The number of rotatable bonds is 7. The molecule has 1 rings (SSSR count). The molecule has 0 atom stereocenters. The Hall–Kier alpha value is -1.49. The van der Waals surface area contributed by atoms with E-state index >= 15 is 0 Å². The second kappa shape index (κ2) is 7.76. The van der Waals surface area contributed by atoms with Gasteiger partial charge in [-0.15, -0.1) is 11.8 Å². The molecule has 0 spiro atoms. The van der Waals surface area contributed by atoms with Crippen LogP contribution in [0, 0.1) is 0 Å². The van der Waals surface area contributed by atoms with Crippen molar-refractivity contribution in [3.8, 4) is 0 Å². The zero-order valence-electron chi connectivity index (χ0n) is 10.3. The summed E-state index contributed by atoms with van der Waals surface area (Å²) in [7, 11) is 0. The number of carbonyl (C=O) groups is 2. The Morgan fingerprint density at radius 1 is 1.28 bits per heavy atom. The first-order valence-electron chi connectivity index (χ1n) is 5.74. The van der Waals surface area contributed by atoms with Crippen molar-refractivity contribution in [1.29, 1.82) is 0 Å². The van der Waals surface area contributed by atoms with Crippen molar-refractivity contribution < 1.29 is 14.7 Å². The number of amides is 1. The van der Waals surface area contributed by atoms with Crippen LogP contribution in [0.1, 0.15) is 18.4 Å². The second-order valence-corrected chi connectivity index (χ2v) is 4.65. The van der Waals surface area contributed by atoms with E-state index in [9.17, 15) is 9.59 Å². The number of hydrogen-bond donors (Lipinski definition) is 2. The number of carboxylic acid groups (broad SMARTS) is 1. The molecule has 0 unspecified atom stereocenters. The summed E-state index contributed by atoms with van der Waals surface area (Å²) in [4.78, 5) is 22.8. The van der Waals surface area contributed by atoms with Crippen LogP contribution in [-0.2, 0) is 16.0 Å². The topological polar surface area (TPSA) is 66.4 Å². The third-order valence-corrected chi connectivity index (χ3v) is 3.31. The summed E-state index contributed by atoms with van der Waals surface area (Å²) >= 11 is 1.68. The first kappa shape index (κ1) is 14.6. The zero-order valence-corrected chi connectivity index (χ0v) is 11.1. The van der Waals surface area contributed by atoms with Crippen LogP contribution in [0.5, 0.6) is 0 Å². The summed E-state index contributed by atoms with van der Waals surface area (Å²) in [6.07, 6.45) is 2.70. The van der Waals surface area contributed by atoms with Gasteiger partial charge in [-0.3, -0.25) is 9.59 Å². The minimum atomic E-state index is -0.946. The largest absolute Gasteiger partial charge is 0.481 e. The van der Waals surface area contributed by atoms with Crippen LogP contribution in [0.25, 0.3) is 0 Å². The van der Waals surface area contributed by atoms with Gasteiger partial charge < -0.3 is 10.4 Å². The fraction of sp³-hybridized carbons (Fsp3) is 0.385. The first-order chi connectivity index (χ1) is 8.63. The molecular weight excluding hydrogens is 250 g/mol. The minimum Gasteiger partial charge on any atom is -0.481 e. The van der Waals surface area contributed by atoms with Gasteiger partial charge in [0, 0.05) is 17.9 Å². The summed E-state index contributed by atoms with van der Waals surface area (Å²) in [6, 6.07) is 8.05. The molecule has 1 aromatic carbocycles. The smallest absolute Gasteiger partial charge is 0.303 e. The highest BCUT2D eigenvalue weighted by Crippen LogP contribution is 2.19. The summed E-state index contributed by atoms with van der Waals surface area (Å²) in [5.74, 6) is -1.16. The quantitative estimate of drug-likeness (QED) is 0.741. The maximum atomic E-state index is 11.3. The van der Waals surface area contributed by atoms with Crippen LogP contribution >= 0.6 is 11.8 Å². The van der Waals surface area contributed by atoms with E-state index in [-0.39, 0.29) is 18.7 Å². The zero-order chi connectivity index (χ0) is 13.4. The number of benzene rings is 1. The molecule has 0 aliphatic carbocycles. The average molecular weight is 267 g/mol. The minimum absolute atomic E-state index is 0.0412. The standard InChI is InChI=1S/C13H17NO3S/c1-18-11-5-3-2-4-10(11)8-9-14-12(15)6-7-13(16)17/h2-5H,6-9H2,1H3,(H,14,15)(H,16,17). The molecule has 18 heavy (non-hydrogen) atoms. The van der Waals surface area contributed by atoms with Crippen molar-refractivity contribution in [3.63, 3.8) is 0 Å². The average Bonchev–Trinajstić information content (AvgIpc) is 2.37. The molecule has 4 nitrogen and oxygen atoms in total. The van der Waals surface area contributed by atoms with Gasteiger partial charge in [-0.05, 0) is 24.3 Å². The highest BCUT2D eigenvalue weighted by molar-refractivity contribution is 7.98. The Balaban J connectivity index is 2.33. The summed E-state index contributed by atoms with van der Waals surface area (Å²) in [6.45, 7) is 0.538. The molecule has 0 aromatic heterocycles. The Kier molecular flexibility index (Phi) is 6.28. The molecule has 0 aliphatic heterocycles. The number of carboxylic acids is 1. The maximum Gasteiger partial charge on any atom is 0.303 e. The van der Waals surface area contributed by atoms with Gasteiger partial charge in [-0.2, -0.15) is 0 Å². The van der Waals surface area contributed by atoms with Crippen LogP contribution in [0.4, 0.5) is 0 Å². The predicted octanol–water partition coefficient (Wildman–Crippen LogP) is 1.93. The van der Waals surface area contributed by atoms with Crippen LogP contribution in [-0.4, -0.2) is 29.8 Å². The number of carbonyl (C=O) groups excluding carboxylic acids is 1. The summed E-state index contributed by atoms with van der Waals surface area (Å²) in [5, 5.41) is 11.2. The van der Waals surface area contributed by atoms with Crippen molar-refractivity contribution in [2.45, 2.75) is 24.2 Å². The lowest BCUT2D eigenvalue weighted by atomic mass is 10.1. The molecular formula is C13H17NO3S. The van der Waals surface area contributed by atoms with Crippen LogP contribution in [0.2, 0.25) is 0 Å². The number of aliphatic carboxylic acids is 1. The highest BCUT2D eigenvalue weighted by Gasteiger charge is 2.05. The predicted molar refractivity (Wildman–Crippen MR) is 71.8 cm³/mol. The van der Waals surface area contributed by atoms with Gasteiger partial charge in [0.2, 0.25) is 5.91 Å². The molecule has 2 N–H and O–H groups in total. The van der Waals surface area contributed by atoms with Gasteiger partial charge in [0.25, 0.3) is 0 Å². The Morgan fingerprint density at radius 3 is 2.67 bits per heavy atom. The van der Waals surface area contributed by atoms with Gasteiger partial charge in [-0.1, -0.05) is 18.2 Å². The van der Waals surface area contributed by atoms with E-state index in [1.807, 2.05) is 30.5 Å². The maximum absolute atomic E-state index is 11.3. The van der Waals surface area contributed by atoms with E-state index in [2.05, 4.69) is 5.32 Å². The van der Waals surface area contributed by atoms with Gasteiger partial charge in [0.15, 0.2) is 0 Å². The lowest BCUT2D eigenvalue weighted by Gasteiger charge is -2.08. The normalized spacial score (nSPS) is 10.1. The molecule has 0 aliphatic rings. The summed E-state index contributed by atoms with van der Waals surface area (Å²) < 4.78 is 0. The van der Waals surface area contributed by atoms with E-state index in [0.29, 0.717) is 6.54 Å². The Labute approximate surface area is 111 Å². The second-order valence-electron chi connectivity index (χ2n) is 3.81. The molecule has 0 saturated carbocycles. The van der Waals surface area contributed by atoms with E-state index in [1.165, 1.54) is 10.5 Å². The lowest BCUT2D eigenvalue weighted by molar-refractivity contribution is -0.138. The van der Waals surface area contributed by atoms with Crippen molar-refractivity contribution in [2.75, 3.05) is 12.8 Å². The summed E-state index contributed by atoms with van der Waals surface area (Å²) in [5.41, 5.74) is 1.20. The molecule has 0 heterocycles. The molecule has 0 fully saturated rings. The van der Waals surface area contributed by atoms with Crippen molar-refractivity contribution in [2.24, 2.45) is 0 Å². The highest BCUT2D eigenvalue weighted by atomic mass is 32.2. The number of thioether (sulfide) groups is 1. The Morgan fingerprint density at radius 2 is 2.00 bits per heavy atom. The van der Waals surface area contributed by atoms with E-state index in [0.717, 1.165) is 6.42 Å².